The molecule has 1 aliphatic heterocycles. The molecule has 2 nitrogen and oxygen atoms in total. The summed E-state index contributed by atoms with van der Waals surface area (Å²) in [6, 6.07) is 5.27. The van der Waals surface area contributed by atoms with E-state index in [-0.39, 0.29) is 5.97 Å². The summed E-state index contributed by atoms with van der Waals surface area (Å²) in [7, 11) is 0. The van der Waals surface area contributed by atoms with E-state index in [1.807, 2.05) is 19.9 Å². The van der Waals surface area contributed by atoms with E-state index in [2.05, 4.69) is 0 Å². The fraction of sp³-hybridized carbons (Fsp3) is 0.300. The highest BCUT2D eigenvalue weighted by molar-refractivity contribution is 8.00. The molecule has 0 bridgehead atoms. The van der Waals surface area contributed by atoms with Gasteiger partial charge in [-0.15, -0.1) is 0 Å². The van der Waals surface area contributed by atoms with Crippen LogP contribution in [0.3, 0.4) is 0 Å². The van der Waals surface area contributed by atoms with Crippen LogP contribution in [0.4, 0.5) is 0 Å². The van der Waals surface area contributed by atoms with Crippen LogP contribution in [0.2, 0.25) is 5.02 Å². The molecule has 0 spiro atoms. The molecule has 14 heavy (non-hydrogen) atoms. The van der Waals surface area contributed by atoms with Crippen molar-refractivity contribution in [3.8, 4) is 0 Å². The summed E-state index contributed by atoms with van der Waals surface area (Å²) in [4.78, 5) is 12.0. The Morgan fingerprint density at radius 2 is 2.14 bits per heavy atom. The molecular formula is C10H9ClO2S. The second kappa shape index (κ2) is 3.17. The molecule has 74 valence electrons. The maximum Gasteiger partial charge on any atom is 0.340 e. The van der Waals surface area contributed by atoms with Crippen molar-refractivity contribution in [3.05, 3.63) is 28.8 Å². The van der Waals surface area contributed by atoms with Crippen molar-refractivity contribution >= 4 is 29.3 Å². The number of rotatable bonds is 0. The summed E-state index contributed by atoms with van der Waals surface area (Å²) < 4.78 is 5.22. The molecule has 1 heterocycles. The van der Waals surface area contributed by atoms with Crippen LogP contribution >= 0.6 is 23.4 Å². The number of benzene rings is 1. The molecule has 0 unspecified atom stereocenters. The summed E-state index contributed by atoms with van der Waals surface area (Å²) in [6.07, 6.45) is 0. The van der Waals surface area contributed by atoms with Crippen LogP contribution in [0.5, 0.6) is 0 Å². The lowest BCUT2D eigenvalue weighted by Crippen LogP contribution is -2.28. The minimum absolute atomic E-state index is 0.300. The van der Waals surface area contributed by atoms with Crippen molar-refractivity contribution in [2.75, 3.05) is 0 Å². The summed E-state index contributed by atoms with van der Waals surface area (Å²) in [5.74, 6) is -0.300. The number of thioether (sulfide) groups is 1. The van der Waals surface area contributed by atoms with E-state index < -0.39 is 4.93 Å². The lowest BCUT2D eigenvalue weighted by molar-refractivity contribution is 0.0275. The molecule has 0 fully saturated rings. The Morgan fingerprint density at radius 1 is 1.43 bits per heavy atom. The number of hydrogen-bond donors (Lipinski definition) is 0. The minimum Gasteiger partial charge on any atom is -0.445 e. The van der Waals surface area contributed by atoms with E-state index >= 15 is 0 Å². The Kier molecular flexibility index (Phi) is 2.24. The number of cyclic esters (lactones) is 1. The predicted octanol–water partition coefficient (Wildman–Crippen LogP) is 3.34. The third-order valence-corrected chi connectivity index (χ3v) is 3.24. The molecule has 4 heteroatoms. The predicted molar refractivity (Wildman–Crippen MR) is 56.8 cm³/mol. The molecule has 1 aromatic carbocycles. The summed E-state index contributed by atoms with van der Waals surface area (Å²) >= 11 is 7.32. The highest BCUT2D eigenvalue weighted by atomic mass is 35.5. The van der Waals surface area contributed by atoms with Gasteiger partial charge in [0.25, 0.3) is 0 Å². The number of halogens is 1. The first-order valence-electron chi connectivity index (χ1n) is 4.20. The van der Waals surface area contributed by atoms with E-state index in [0.717, 1.165) is 4.90 Å². The van der Waals surface area contributed by atoms with Gasteiger partial charge in [-0.3, -0.25) is 0 Å². The average Bonchev–Trinajstić information content (AvgIpc) is 2.05. The van der Waals surface area contributed by atoms with Gasteiger partial charge in [0.1, 0.15) is 0 Å². The van der Waals surface area contributed by atoms with Gasteiger partial charge in [0.15, 0.2) is 4.93 Å². The lowest BCUT2D eigenvalue weighted by atomic mass is 10.2. The van der Waals surface area contributed by atoms with Gasteiger partial charge in [-0.25, -0.2) is 4.79 Å². The molecule has 0 atom stereocenters. The van der Waals surface area contributed by atoms with E-state index in [1.54, 1.807) is 12.1 Å². The first-order chi connectivity index (χ1) is 6.48. The van der Waals surface area contributed by atoms with Crippen LogP contribution in [0, 0.1) is 0 Å². The smallest absolute Gasteiger partial charge is 0.340 e. The van der Waals surface area contributed by atoms with E-state index in [1.165, 1.54) is 11.8 Å². The first-order valence-corrected chi connectivity index (χ1v) is 5.39. The van der Waals surface area contributed by atoms with Gasteiger partial charge < -0.3 is 4.74 Å². The molecule has 0 saturated carbocycles. The van der Waals surface area contributed by atoms with E-state index in [9.17, 15) is 4.79 Å². The van der Waals surface area contributed by atoms with Crippen LogP contribution in [0.25, 0.3) is 0 Å². The van der Waals surface area contributed by atoms with E-state index in [0.29, 0.717) is 10.6 Å². The Bertz CT molecular complexity index is 401. The maximum atomic E-state index is 11.6. The van der Waals surface area contributed by atoms with Gasteiger partial charge in [-0.05, 0) is 32.0 Å². The van der Waals surface area contributed by atoms with Crippen LogP contribution in [0.1, 0.15) is 24.2 Å². The number of hydrogen-bond acceptors (Lipinski definition) is 3. The number of esters is 1. The van der Waals surface area contributed by atoms with Crippen LogP contribution in [-0.4, -0.2) is 10.9 Å². The maximum absolute atomic E-state index is 11.6. The second-order valence-electron chi connectivity index (χ2n) is 3.53. The SMILES string of the molecule is CC1(C)OC(=O)c2cc(Cl)ccc2S1. The molecule has 0 saturated heterocycles. The van der Waals surface area contributed by atoms with Crippen molar-refractivity contribution in [2.24, 2.45) is 0 Å². The van der Waals surface area contributed by atoms with Gasteiger partial charge in [0.2, 0.25) is 0 Å². The van der Waals surface area contributed by atoms with Crippen molar-refractivity contribution in [1.29, 1.82) is 0 Å². The lowest BCUT2D eigenvalue weighted by Gasteiger charge is -2.30. The second-order valence-corrected chi connectivity index (χ2v) is 5.60. The zero-order valence-corrected chi connectivity index (χ0v) is 9.41. The minimum atomic E-state index is -0.488. The van der Waals surface area contributed by atoms with Gasteiger partial charge in [0, 0.05) is 9.92 Å². The number of ether oxygens (including phenoxy) is 1. The quantitative estimate of drug-likeness (QED) is 0.637. The Labute approximate surface area is 91.6 Å². The largest absolute Gasteiger partial charge is 0.445 e. The summed E-state index contributed by atoms with van der Waals surface area (Å²) in [6.45, 7) is 3.74. The van der Waals surface area contributed by atoms with Crippen LogP contribution in [0.15, 0.2) is 23.1 Å². The topological polar surface area (TPSA) is 26.3 Å². The molecule has 1 aromatic rings. The molecule has 0 N–H and O–H groups in total. The fourth-order valence-electron chi connectivity index (χ4n) is 1.31. The highest BCUT2D eigenvalue weighted by Crippen LogP contribution is 2.41. The third-order valence-electron chi connectivity index (χ3n) is 1.86. The monoisotopic (exact) mass is 228 g/mol. The molecular weight excluding hydrogens is 220 g/mol. The number of fused-ring (bicyclic) bond motifs is 1. The molecule has 0 radical (unpaired) electrons. The standard InChI is InChI=1S/C10H9ClO2S/c1-10(2)13-9(12)7-5-6(11)3-4-8(7)14-10/h3-5H,1-2H3. The number of carbonyl (C=O) groups is 1. The molecule has 0 aliphatic carbocycles. The van der Waals surface area contributed by atoms with Gasteiger partial charge in [-0.2, -0.15) is 0 Å². The Balaban J connectivity index is 2.50. The van der Waals surface area contributed by atoms with Crippen LogP contribution < -0.4 is 0 Å². The van der Waals surface area contributed by atoms with Crippen molar-refractivity contribution in [2.45, 2.75) is 23.7 Å². The first kappa shape index (κ1) is 9.87. The van der Waals surface area contributed by atoms with Crippen molar-refractivity contribution in [1.82, 2.24) is 0 Å². The van der Waals surface area contributed by atoms with Crippen LogP contribution in [-0.2, 0) is 4.74 Å². The Hall–Kier alpha value is -0.670. The van der Waals surface area contributed by atoms with Crippen molar-refractivity contribution < 1.29 is 9.53 Å². The molecule has 2 rings (SSSR count). The van der Waals surface area contributed by atoms with E-state index in [4.69, 9.17) is 16.3 Å². The average molecular weight is 229 g/mol. The molecule has 0 aromatic heterocycles. The zero-order valence-electron chi connectivity index (χ0n) is 7.83. The normalized spacial score (nSPS) is 18.6. The molecule has 1 aliphatic rings. The third kappa shape index (κ3) is 1.74. The number of carbonyl (C=O) groups excluding carboxylic acids is 1. The Morgan fingerprint density at radius 3 is 2.86 bits per heavy atom. The van der Waals surface area contributed by atoms with Crippen molar-refractivity contribution in [3.63, 3.8) is 0 Å². The molecule has 0 amide bonds. The fourth-order valence-corrected chi connectivity index (χ4v) is 2.52. The highest BCUT2D eigenvalue weighted by Gasteiger charge is 2.32. The zero-order chi connectivity index (χ0) is 10.3. The summed E-state index contributed by atoms with van der Waals surface area (Å²) in [5, 5.41) is 0.556. The van der Waals surface area contributed by atoms with Gasteiger partial charge in [0.05, 0.1) is 5.56 Å². The van der Waals surface area contributed by atoms with Gasteiger partial charge >= 0.3 is 5.97 Å². The summed E-state index contributed by atoms with van der Waals surface area (Å²) in [5.41, 5.74) is 0.557. The van der Waals surface area contributed by atoms with Gasteiger partial charge in [-0.1, -0.05) is 23.4 Å².